The van der Waals surface area contributed by atoms with Gasteiger partial charge in [-0.25, -0.2) is 0 Å². The van der Waals surface area contributed by atoms with Gasteiger partial charge in [0, 0.05) is 19.8 Å². The second-order valence-electron chi connectivity index (χ2n) is 4.34. The third kappa shape index (κ3) is 5.07. The van der Waals surface area contributed by atoms with Crippen molar-refractivity contribution in [1.82, 2.24) is 5.32 Å². The molecule has 0 saturated carbocycles. The summed E-state index contributed by atoms with van der Waals surface area (Å²) in [7, 11) is 3.76. The van der Waals surface area contributed by atoms with Gasteiger partial charge in [-0.1, -0.05) is 12.1 Å². The van der Waals surface area contributed by atoms with E-state index < -0.39 is 0 Å². The second-order valence-corrected chi connectivity index (χ2v) is 4.34. The molecule has 3 nitrogen and oxygen atoms in total. The van der Waals surface area contributed by atoms with Gasteiger partial charge >= 0.3 is 0 Å². The van der Waals surface area contributed by atoms with Crippen LogP contribution in [0.4, 0.5) is 0 Å². The zero-order valence-electron chi connectivity index (χ0n) is 11.7. The molecule has 0 spiro atoms. The average Bonchev–Trinajstić information content (AvgIpc) is 2.40. The maximum Gasteiger partial charge on any atom is 0.119 e. The van der Waals surface area contributed by atoms with E-state index in [0.29, 0.717) is 12.6 Å². The number of unbranched alkanes of at least 4 members (excludes halogenated alkanes) is 1. The van der Waals surface area contributed by atoms with Crippen LogP contribution >= 0.6 is 0 Å². The van der Waals surface area contributed by atoms with Crippen molar-refractivity contribution in [3.05, 3.63) is 29.8 Å². The van der Waals surface area contributed by atoms with Gasteiger partial charge in [0.05, 0.1) is 6.61 Å². The molecule has 0 aliphatic carbocycles. The standard InChI is InChI=1S/C15H25NO2/c1-4-18-14-9-7-8-13(12-14)15(16-2)10-5-6-11-17-3/h7-9,12,15-16H,4-6,10-11H2,1-3H3. The fourth-order valence-corrected chi connectivity index (χ4v) is 2.06. The Labute approximate surface area is 110 Å². The first-order valence-corrected chi connectivity index (χ1v) is 6.70. The lowest BCUT2D eigenvalue weighted by Gasteiger charge is -2.17. The van der Waals surface area contributed by atoms with Crippen LogP contribution in [0.5, 0.6) is 5.75 Å². The quantitative estimate of drug-likeness (QED) is 0.684. The van der Waals surface area contributed by atoms with E-state index in [1.807, 2.05) is 20.0 Å². The summed E-state index contributed by atoms with van der Waals surface area (Å²) in [6.45, 7) is 3.56. The largest absolute Gasteiger partial charge is 0.494 e. The summed E-state index contributed by atoms with van der Waals surface area (Å²) in [5.41, 5.74) is 1.29. The molecule has 18 heavy (non-hydrogen) atoms. The van der Waals surface area contributed by atoms with Gasteiger partial charge in [0.1, 0.15) is 5.75 Å². The third-order valence-corrected chi connectivity index (χ3v) is 3.01. The molecule has 1 rings (SSSR count). The van der Waals surface area contributed by atoms with Crippen molar-refractivity contribution in [2.75, 3.05) is 27.4 Å². The molecule has 102 valence electrons. The van der Waals surface area contributed by atoms with Crippen molar-refractivity contribution in [3.8, 4) is 5.75 Å². The van der Waals surface area contributed by atoms with Gasteiger partial charge in [-0.3, -0.25) is 0 Å². The molecule has 0 heterocycles. The molecule has 0 amide bonds. The van der Waals surface area contributed by atoms with Gasteiger partial charge in [0.2, 0.25) is 0 Å². The molecule has 1 atom stereocenters. The molecular weight excluding hydrogens is 226 g/mol. The van der Waals surface area contributed by atoms with Gasteiger partial charge in [-0.15, -0.1) is 0 Å². The number of ether oxygens (including phenoxy) is 2. The first-order valence-electron chi connectivity index (χ1n) is 6.70. The van der Waals surface area contributed by atoms with E-state index in [1.54, 1.807) is 7.11 Å². The summed E-state index contributed by atoms with van der Waals surface area (Å²) in [6, 6.07) is 8.73. The average molecular weight is 251 g/mol. The molecule has 1 N–H and O–H groups in total. The number of hydrogen-bond acceptors (Lipinski definition) is 3. The smallest absolute Gasteiger partial charge is 0.119 e. The number of methoxy groups -OCH3 is 1. The van der Waals surface area contributed by atoms with Gasteiger partial charge in [-0.2, -0.15) is 0 Å². The lowest BCUT2D eigenvalue weighted by atomic mass is 10.0. The van der Waals surface area contributed by atoms with Crippen molar-refractivity contribution in [2.24, 2.45) is 0 Å². The molecule has 0 aromatic heterocycles. The van der Waals surface area contributed by atoms with Gasteiger partial charge in [0.25, 0.3) is 0 Å². The minimum atomic E-state index is 0.391. The summed E-state index contributed by atoms with van der Waals surface area (Å²) in [5, 5.41) is 3.37. The minimum Gasteiger partial charge on any atom is -0.494 e. The van der Waals surface area contributed by atoms with Crippen molar-refractivity contribution >= 4 is 0 Å². The normalized spacial score (nSPS) is 12.4. The maximum absolute atomic E-state index is 5.54. The molecule has 1 aromatic carbocycles. The van der Waals surface area contributed by atoms with Crippen LogP contribution in [0.25, 0.3) is 0 Å². The first kappa shape index (κ1) is 15.0. The summed E-state index contributed by atoms with van der Waals surface area (Å²) in [5.74, 6) is 0.951. The zero-order valence-corrected chi connectivity index (χ0v) is 11.7. The highest BCUT2D eigenvalue weighted by Gasteiger charge is 2.09. The Kier molecular flexibility index (Phi) is 7.46. The Morgan fingerprint density at radius 2 is 2.11 bits per heavy atom. The molecule has 0 aliphatic rings. The van der Waals surface area contributed by atoms with Crippen molar-refractivity contribution < 1.29 is 9.47 Å². The fraction of sp³-hybridized carbons (Fsp3) is 0.600. The molecule has 0 radical (unpaired) electrons. The van der Waals surface area contributed by atoms with Crippen LogP contribution < -0.4 is 10.1 Å². The Balaban J connectivity index is 2.54. The minimum absolute atomic E-state index is 0.391. The Hall–Kier alpha value is -1.06. The summed E-state index contributed by atoms with van der Waals surface area (Å²) in [4.78, 5) is 0. The Morgan fingerprint density at radius 1 is 1.28 bits per heavy atom. The van der Waals surface area contributed by atoms with E-state index in [-0.39, 0.29) is 0 Å². The molecule has 0 aliphatic heterocycles. The number of hydrogen-bond donors (Lipinski definition) is 1. The highest BCUT2D eigenvalue weighted by molar-refractivity contribution is 5.30. The Bertz CT molecular complexity index is 328. The van der Waals surface area contributed by atoms with E-state index in [0.717, 1.165) is 31.6 Å². The maximum atomic E-state index is 5.54. The van der Waals surface area contributed by atoms with Crippen LogP contribution in [0, 0.1) is 0 Å². The molecule has 0 bridgehead atoms. The topological polar surface area (TPSA) is 30.5 Å². The van der Waals surface area contributed by atoms with E-state index in [9.17, 15) is 0 Å². The van der Waals surface area contributed by atoms with Crippen LogP contribution in [-0.4, -0.2) is 27.4 Å². The molecular formula is C15H25NO2. The van der Waals surface area contributed by atoms with Gasteiger partial charge in [0.15, 0.2) is 0 Å². The highest BCUT2D eigenvalue weighted by atomic mass is 16.5. The van der Waals surface area contributed by atoms with Crippen LogP contribution in [0.15, 0.2) is 24.3 Å². The lowest BCUT2D eigenvalue weighted by molar-refractivity contribution is 0.191. The van der Waals surface area contributed by atoms with Crippen molar-refractivity contribution in [1.29, 1.82) is 0 Å². The van der Waals surface area contributed by atoms with Crippen LogP contribution in [-0.2, 0) is 4.74 Å². The van der Waals surface area contributed by atoms with E-state index in [1.165, 1.54) is 5.56 Å². The van der Waals surface area contributed by atoms with E-state index >= 15 is 0 Å². The first-order chi connectivity index (χ1) is 8.81. The SMILES string of the molecule is CCOc1cccc(C(CCCCOC)NC)c1. The molecule has 0 fully saturated rings. The monoisotopic (exact) mass is 251 g/mol. The summed E-state index contributed by atoms with van der Waals surface area (Å²) >= 11 is 0. The van der Waals surface area contributed by atoms with Crippen LogP contribution in [0.3, 0.4) is 0 Å². The molecule has 1 unspecified atom stereocenters. The van der Waals surface area contributed by atoms with Crippen LogP contribution in [0.1, 0.15) is 37.8 Å². The van der Waals surface area contributed by atoms with Gasteiger partial charge in [-0.05, 0) is 50.9 Å². The number of nitrogens with one attached hydrogen (secondary N) is 1. The van der Waals surface area contributed by atoms with Gasteiger partial charge < -0.3 is 14.8 Å². The van der Waals surface area contributed by atoms with E-state index in [2.05, 4.69) is 23.5 Å². The molecule has 1 aromatic rings. The predicted molar refractivity (Wildman–Crippen MR) is 75.1 cm³/mol. The highest BCUT2D eigenvalue weighted by Crippen LogP contribution is 2.23. The molecule has 3 heteroatoms. The zero-order chi connectivity index (χ0) is 13.2. The van der Waals surface area contributed by atoms with E-state index in [4.69, 9.17) is 9.47 Å². The molecule has 0 saturated heterocycles. The van der Waals surface area contributed by atoms with Crippen molar-refractivity contribution in [3.63, 3.8) is 0 Å². The fourth-order valence-electron chi connectivity index (χ4n) is 2.06. The number of rotatable bonds is 9. The van der Waals surface area contributed by atoms with Crippen molar-refractivity contribution in [2.45, 2.75) is 32.2 Å². The summed E-state index contributed by atoms with van der Waals surface area (Å²) < 4.78 is 10.6. The third-order valence-electron chi connectivity index (χ3n) is 3.01. The predicted octanol–water partition coefficient (Wildman–Crippen LogP) is 3.16. The Morgan fingerprint density at radius 3 is 2.78 bits per heavy atom. The van der Waals surface area contributed by atoms with Crippen LogP contribution in [0.2, 0.25) is 0 Å². The summed E-state index contributed by atoms with van der Waals surface area (Å²) in [6.07, 6.45) is 3.40. The number of benzene rings is 1. The lowest BCUT2D eigenvalue weighted by Crippen LogP contribution is -2.16. The second kappa shape index (κ2) is 8.95.